The largest absolute Gasteiger partial charge is 0.491 e. The molecule has 2 unspecified atom stereocenters. The van der Waals surface area contributed by atoms with Crippen LogP contribution in [0.4, 0.5) is 14.5 Å². The lowest BCUT2D eigenvalue weighted by Gasteiger charge is -2.57. The molecule has 0 spiro atoms. The molecule has 2 rings (SSSR count). The van der Waals surface area contributed by atoms with Gasteiger partial charge in [-0.05, 0) is 6.92 Å². The number of benzene rings is 1. The average molecular weight is 365 g/mol. The first-order chi connectivity index (χ1) is 10.7. The highest BCUT2D eigenvalue weighted by Crippen LogP contribution is 2.50. The van der Waals surface area contributed by atoms with E-state index in [9.17, 15) is 13.6 Å². The van der Waals surface area contributed by atoms with Crippen molar-refractivity contribution in [2.24, 2.45) is 11.1 Å². The summed E-state index contributed by atoms with van der Waals surface area (Å²) >= 11 is 0. The molecule has 0 radical (unpaired) electrons. The smallest absolute Gasteiger partial charge is 0.245 e. The van der Waals surface area contributed by atoms with E-state index in [1.165, 1.54) is 7.11 Å². The van der Waals surface area contributed by atoms with Crippen LogP contribution in [0.25, 0.3) is 0 Å². The number of nitrogens with two attached hydrogens (primary N) is 1. The fourth-order valence-corrected chi connectivity index (χ4v) is 2.89. The molecule has 0 bridgehead atoms. The third-order valence-corrected chi connectivity index (χ3v) is 4.70. The van der Waals surface area contributed by atoms with Gasteiger partial charge in [0.25, 0.3) is 0 Å². The number of amides is 1. The van der Waals surface area contributed by atoms with Crippen LogP contribution in [0.5, 0.6) is 5.75 Å². The number of ether oxygens (including phenoxy) is 2. The van der Waals surface area contributed by atoms with Gasteiger partial charge in [-0.1, -0.05) is 13.8 Å². The summed E-state index contributed by atoms with van der Waals surface area (Å²) in [4.78, 5) is 12.5. The Morgan fingerprint density at radius 3 is 2.33 bits per heavy atom. The summed E-state index contributed by atoms with van der Waals surface area (Å²) in [5, 5.41) is 2.48. The fraction of sp³-hybridized carbons (Fsp3) is 0.562. The van der Waals surface area contributed by atoms with E-state index in [0.717, 1.165) is 12.1 Å². The van der Waals surface area contributed by atoms with Crippen LogP contribution in [0.3, 0.4) is 0 Å². The number of anilines is 1. The van der Waals surface area contributed by atoms with E-state index in [1.54, 1.807) is 0 Å². The van der Waals surface area contributed by atoms with E-state index < -0.39 is 34.2 Å². The van der Waals surface area contributed by atoms with Crippen molar-refractivity contribution in [3.8, 4) is 5.75 Å². The summed E-state index contributed by atoms with van der Waals surface area (Å²) < 4.78 is 37.6. The van der Waals surface area contributed by atoms with Crippen molar-refractivity contribution in [3.63, 3.8) is 0 Å². The second kappa shape index (κ2) is 7.21. The maximum absolute atomic E-state index is 13.7. The summed E-state index contributed by atoms with van der Waals surface area (Å²) in [7, 11) is 1.17. The molecule has 0 saturated heterocycles. The molecule has 1 amide bonds. The van der Waals surface area contributed by atoms with Crippen LogP contribution in [-0.2, 0) is 9.53 Å². The predicted molar refractivity (Wildman–Crippen MR) is 89.5 cm³/mol. The number of rotatable bonds is 5. The summed E-state index contributed by atoms with van der Waals surface area (Å²) in [5.41, 5.74) is 4.46. The summed E-state index contributed by atoms with van der Waals surface area (Å²) in [6.45, 7) is 6.08. The number of halogens is 3. The molecule has 1 aliphatic rings. The van der Waals surface area contributed by atoms with Crippen LogP contribution in [0, 0.1) is 17.0 Å². The minimum atomic E-state index is -1.17. The molecule has 1 fully saturated rings. The van der Waals surface area contributed by atoms with Gasteiger partial charge in [0.1, 0.15) is 5.54 Å². The van der Waals surface area contributed by atoms with Gasteiger partial charge in [0.2, 0.25) is 5.91 Å². The Labute approximate surface area is 146 Å². The molecule has 1 aromatic carbocycles. The molecule has 5 nitrogen and oxygen atoms in total. The average Bonchev–Trinajstić information content (AvgIpc) is 2.46. The van der Waals surface area contributed by atoms with Crippen molar-refractivity contribution in [3.05, 3.63) is 23.8 Å². The van der Waals surface area contributed by atoms with Crippen LogP contribution < -0.4 is 15.8 Å². The van der Waals surface area contributed by atoms with Crippen molar-refractivity contribution < 1.29 is 23.0 Å². The lowest BCUT2D eigenvalue weighted by Crippen LogP contribution is -2.74. The quantitative estimate of drug-likeness (QED) is 0.842. The number of nitrogens with one attached hydrogen (secondary N) is 1. The normalized spacial score (nSPS) is 24.5. The molecule has 0 heterocycles. The number of methoxy groups -OCH3 is 1. The number of hydrogen-bond donors (Lipinski definition) is 2. The molecule has 1 saturated carbocycles. The Bertz CT molecular complexity index is 604. The van der Waals surface area contributed by atoms with E-state index in [4.69, 9.17) is 10.5 Å². The Kier molecular flexibility index (Phi) is 6.19. The second-order valence-electron chi connectivity index (χ2n) is 6.27. The molecular weight excluding hydrogens is 342 g/mol. The number of hydrogen-bond acceptors (Lipinski definition) is 4. The Balaban J connectivity index is 0.00000288. The topological polar surface area (TPSA) is 73.6 Å². The monoisotopic (exact) mass is 364 g/mol. The van der Waals surface area contributed by atoms with Gasteiger partial charge in [-0.25, -0.2) is 8.78 Å². The van der Waals surface area contributed by atoms with Gasteiger partial charge < -0.3 is 20.5 Å². The summed E-state index contributed by atoms with van der Waals surface area (Å²) in [6, 6.07) is 1.99. The molecule has 3 N–H and O–H groups in total. The third-order valence-electron chi connectivity index (χ3n) is 4.70. The molecule has 0 aromatic heterocycles. The first kappa shape index (κ1) is 20.6. The van der Waals surface area contributed by atoms with Gasteiger partial charge in [0.15, 0.2) is 17.4 Å². The van der Waals surface area contributed by atoms with Gasteiger partial charge in [-0.15, -0.1) is 12.4 Å². The van der Waals surface area contributed by atoms with E-state index in [2.05, 4.69) is 10.1 Å². The first-order valence-electron chi connectivity index (χ1n) is 7.42. The molecule has 0 aliphatic heterocycles. The van der Waals surface area contributed by atoms with Crippen molar-refractivity contribution in [1.82, 2.24) is 0 Å². The first-order valence-corrected chi connectivity index (χ1v) is 7.42. The maximum Gasteiger partial charge on any atom is 0.245 e. The van der Waals surface area contributed by atoms with Crippen LogP contribution in [0.1, 0.15) is 27.2 Å². The Morgan fingerprint density at radius 2 is 1.92 bits per heavy atom. The zero-order chi connectivity index (χ0) is 17.4. The third kappa shape index (κ3) is 3.20. The molecule has 8 heteroatoms. The number of carbonyl (C=O) groups is 1. The summed E-state index contributed by atoms with van der Waals surface area (Å²) in [6.07, 6.45) is 0.216. The summed E-state index contributed by atoms with van der Waals surface area (Å²) in [5.74, 6) is -2.78. The zero-order valence-electron chi connectivity index (χ0n) is 14.1. The Hall–Kier alpha value is -1.44. The van der Waals surface area contributed by atoms with Crippen molar-refractivity contribution in [2.75, 3.05) is 19.0 Å². The van der Waals surface area contributed by atoms with Crippen molar-refractivity contribution in [1.29, 1.82) is 0 Å². The number of carbonyl (C=O) groups excluding carboxylic acids is 1. The molecule has 24 heavy (non-hydrogen) atoms. The van der Waals surface area contributed by atoms with Crippen LogP contribution in [0.15, 0.2) is 12.1 Å². The SMILES string of the molecule is CCOC1CC(N)(C(=O)Nc2cc(F)c(OC)c(F)c2)C1(C)C.Cl. The lowest BCUT2D eigenvalue weighted by molar-refractivity contribution is -0.166. The molecule has 2 atom stereocenters. The molecular formula is C16H23ClF2N2O3. The van der Waals surface area contributed by atoms with Gasteiger partial charge in [0, 0.05) is 36.3 Å². The van der Waals surface area contributed by atoms with E-state index >= 15 is 0 Å². The van der Waals surface area contributed by atoms with E-state index in [0.29, 0.717) is 13.0 Å². The van der Waals surface area contributed by atoms with Gasteiger partial charge >= 0.3 is 0 Å². The second-order valence-corrected chi connectivity index (χ2v) is 6.27. The van der Waals surface area contributed by atoms with Gasteiger partial charge in [0.05, 0.1) is 13.2 Å². The van der Waals surface area contributed by atoms with Crippen LogP contribution in [-0.4, -0.2) is 31.3 Å². The Morgan fingerprint density at radius 1 is 1.38 bits per heavy atom. The van der Waals surface area contributed by atoms with Crippen LogP contribution in [0.2, 0.25) is 0 Å². The van der Waals surface area contributed by atoms with Crippen molar-refractivity contribution in [2.45, 2.75) is 38.8 Å². The highest BCUT2D eigenvalue weighted by atomic mass is 35.5. The molecule has 1 aromatic rings. The highest BCUT2D eigenvalue weighted by molar-refractivity contribution is 5.99. The standard InChI is InChI=1S/C16H22F2N2O3.ClH/c1-5-23-12-8-16(19,15(12,2)3)14(21)20-9-6-10(17)13(22-4)11(18)7-9;/h6-7,12H,5,8,19H2,1-4H3,(H,20,21);1H. The van der Waals surface area contributed by atoms with Crippen LogP contribution >= 0.6 is 12.4 Å². The highest BCUT2D eigenvalue weighted by Gasteiger charge is 2.62. The maximum atomic E-state index is 13.7. The predicted octanol–water partition coefficient (Wildman–Crippen LogP) is 2.87. The zero-order valence-corrected chi connectivity index (χ0v) is 14.9. The fourth-order valence-electron chi connectivity index (χ4n) is 2.89. The molecule has 1 aliphatic carbocycles. The molecule has 136 valence electrons. The van der Waals surface area contributed by atoms with E-state index in [1.807, 2.05) is 20.8 Å². The minimum Gasteiger partial charge on any atom is -0.491 e. The van der Waals surface area contributed by atoms with E-state index in [-0.39, 0.29) is 24.2 Å². The lowest BCUT2D eigenvalue weighted by atomic mass is 9.54. The van der Waals surface area contributed by atoms with Gasteiger partial charge in [-0.2, -0.15) is 0 Å². The minimum absolute atomic E-state index is 0. The van der Waals surface area contributed by atoms with Crippen molar-refractivity contribution >= 4 is 24.0 Å². The van der Waals surface area contributed by atoms with Gasteiger partial charge in [-0.3, -0.25) is 4.79 Å².